The molecule has 3 rings (SSSR count). The largest absolute Gasteiger partial charge is 0.377 e. The summed E-state index contributed by atoms with van der Waals surface area (Å²) in [6.45, 7) is 2.93. The van der Waals surface area contributed by atoms with E-state index in [-0.39, 0.29) is 23.2 Å². The summed E-state index contributed by atoms with van der Waals surface area (Å²) in [5.41, 5.74) is 6.47. The maximum absolute atomic E-state index is 13.3. The fourth-order valence-electron chi connectivity index (χ4n) is 3.71. The Hall–Kier alpha value is -1.46. The molecule has 0 bridgehead atoms. The molecule has 0 aliphatic carbocycles. The van der Waals surface area contributed by atoms with Crippen LogP contribution in [0.3, 0.4) is 0 Å². The number of benzene rings is 1. The maximum atomic E-state index is 13.3. The van der Waals surface area contributed by atoms with Crippen LogP contribution in [0.2, 0.25) is 0 Å². The quantitative estimate of drug-likeness (QED) is 0.921. The summed E-state index contributed by atoms with van der Waals surface area (Å²) in [5, 5.41) is 0. The number of rotatable bonds is 4. The molecule has 1 spiro atoms. The third-order valence-corrected chi connectivity index (χ3v) is 4.93. The minimum Gasteiger partial charge on any atom is -0.377 e. The van der Waals surface area contributed by atoms with Crippen LogP contribution in [0.5, 0.6) is 0 Å². The number of carbonyl (C=O) groups is 1. The highest BCUT2D eigenvalue weighted by Crippen LogP contribution is 2.42. The van der Waals surface area contributed by atoms with Gasteiger partial charge in [0.05, 0.1) is 19.3 Å². The van der Waals surface area contributed by atoms with Gasteiger partial charge in [-0.2, -0.15) is 0 Å². The normalized spacial score (nSPS) is 24.7. The lowest BCUT2D eigenvalue weighted by atomic mass is 9.76. The predicted octanol–water partition coefficient (Wildman–Crippen LogP) is 1.72. The molecule has 4 nitrogen and oxygen atoms in total. The Bertz CT molecular complexity index is 541. The van der Waals surface area contributed by atoms with Crippen molar-refractivity contribution in [2.45, 2.75) is 31.8 Å². The van der Waals surface area contributed by atoms with Crippen molar-refractivity contribution in [3.63, 3.8) is 0 Å². The Morgan fingerprint density at radius 1 is 1.41 bits per heavy atom. The van der Waals surface area contributed by atoms with E-state index < -0.39 is 0 Å². The molecular weight excluding hydrogens is 283 g/mol. The Balaban J connectivity index is 1.53. The zero-order valence-corrected chi connectivity index (χ0v) is 12.8. The number of carbonyl (C=O) groups excluding carboxylic acids is 1. The first-order valence-corrected chi connectivity index (χ1v) is 7.91. The number of nitrogens with zero attached hydrogens (tertiary/aromatic N) is 1. The predicted molar refractivity (Wildman–Crippen MR) is 81.8 cm³/mol. The monoisotopic (exact) mass is 306 g/mol. The van der Waals surface area contributed by atoms with Gasteiger partial charge < -0.3 is 10.5 Å². The Labute approximate surface area is 130 Å². The van der Waals surface area contributed by atoms with Crippen LogP contribution < -0.4 is 5.73 Å². The van der Waals surface area contributed by atoms with Gasteiger partial charge in [0, 0.05) is 0 Å². The van der Waals surface area contributed by atoms with E-state index in [4.69, 9.17) is 10.5 Å². The number of likely N-dealkylation sites (tertiary alicyclic amines) is 1. The number of amides is 1. The first kappa shape index (κ1) is 15.4. The summed E-state index contributed by atoms with van der Waals surface area (Å²) in [6, 6.07) is 6.75. The van der Waals surface area contributed by atoms with Crippen molar-refractivity contribution in [1.29, 1.82) is 0 Å². The second kappa shape index (κ2) is 6.34. The van der Waals surface area contributed by atoms with Crippen LogP contribution in [0.1, 0.15) is 24.8 Å². The van der Waals surface area contributed by atoms with E-state index in [0.717, 1.165) is 50.9 Å². The first-order chi connectivity index (χ1) is 10.5. The number of hydrogen-bond acceptors (Lipinski definition) is 3. The van der Waals surface area contributed by atoms with Gasteiger partial charge in [0.25, 0.3) is 0 Å². The molecule has 2 fully saturated rings. The van der Waals surface area contributed by atoms with Crippen LogP contribution in [0.15, 0.2) is 24.3 Å². The fourth-order valence-corrected chi connectivity index (χ4v) is 3.71. The van der Waals surface area contributed by atoms with Crippen molar-refractivity contribution in [2.75, 3.05) is 26.2 Å². The van der Waals surface area contributed by atoms with Crippen LogP contribution >= 0.6 is 0 Å². The highest BCUT2D eigenvalue weighted by Gasteiger charge is 2.42. The highest BCUT2D eigenvalue weighted by molar-refractivity contribution is 5.75. The molecule has 1 aromatic rings. The number of hydrogen-bond donors (Lipinski definition) is 1. The summed E-state index contributed by atoms with van der Waals surface area (Å²) in [6.07, 6.45) is 4.04. The average Bonchev–Trinajstić information content (AvgIpc) is 2.84. The molecule has 2 aliphatic rings. The molecule has 120 valence electrons. The zero-order valence-electron chi connectivity index (χ0n) is 12.8. The molecule has 2 aliphatic heterocycles. The molecule has 1 atom stereocenters. The average molecular weight is 306 g/mol. The number of nitrogens with two attached hydrogens (primary N) is 1. The van der Waals surface area contributed by atoms with Crippen molar-refractivity contribution in [3.05, 3.63) is 35.6 Å². The number of primary amides is 1. The van der Waals surface area contributed by atoms with E-state index in [2.05, 4.69) is 4.90 Å². The van der Waals surface area contributed by atoms with Gasteiger partial charge in [-0.15, -0.1) is 0 Å². The number of ether oxygens (including phenoxy) is 1. The van der Waals surface area contributed by atoms with Crippen molar-refractivity contribution in [1.82, 2.24) is 4.90 Å². The van der Waals surface area contributed by atoms with Crippen LogP contribution in [-0.4, -0.2) is 43.2 Å². The van der Waals surface area contributed by atoms with Crippen molar-refractivity contribution < 1.29 is 13.9 Å². The van der Waals surface area contributed by atoms with E-state index in [1.54, 1.807) is 12.1 Å². The zero-order chi connectivity index (χ0) is 15.6. The lowest BCUT2D eigenvalue weighted by Gasteiger charge is -2.37. The SMILES string of the molecule is NC(=O)CN1CCC2(CC1)CO[C@@H](Cc1cccc(F)c1)C2. The molecule has 2 saturated heterocycles. The topological polar surface area (TPSA) is 55.6 Å². The van der Waals surface area contributed by atoms with Crippen LogP contribution in [0, 0.1) is 11.2 Å². The van der Waals surface area contributed by atoms with Crippen molar-refractivity contribution in [3.8, 4) is 0 Å². The van der Waals surface area contributed by atoms with Gasteiger partial charge in [0.2, 0.25) is 5.91 Å². The van der Waals surface area contributed by atoms with Crippen LogP contribution in [-0.2, 0) is 16.0 Å². The van der Waals surface area contributed by atoms with E-state index in [0.29, 0.717) is 6.54 Å². The fraction of sp³-hybridized carbons (Fsp3) is 0.588. The Morgan fingerprint density at radius 3 is 2.86 bits per heavy atom. The molecular formula is C17H23FN2O2. The summed E-state index contributed by atoms with van der Waals surface area (Å²) in [4.78, 5) is 13.1. The van der Waals surface area contributed by atoms with Gasteiger partial charge >= 0.3 is 0 Å². The second-order valence-electron chi connectivity index (χ2n) is 6.71. The Kier molecular flexibility index (Phi) is 4.45. The third-order valence-electron chi connectivity index (χ3n) is 4.93. The lowest BCUT2D eigenvalue weighted by molar-refractivity contribution is -0.119. The summed E-state index contributed by atoms with van der Waals surface area (Å²) >= 11 is 0. The number of halogens is 1. The molecule has 0 radical (unpaired) electrons. The smallest absolute Gasteiger partial charge is 0.231 e. The van der Waals surface area contributed by atoms with E-state index in [1.807, 2.05) is 6.07 Å². The molecule has 1 amide bonds. The first-order valence-electron chi connectivity index (χ1n) is 7.91. The third kappa shape index (κ3) is 3.65. The highest BCUT2D eigenvalue weighted by atomic mass is 19.1. The standard InChI is InChI=1S/C17H23FN2O2/c18-14-3-1-2-13(8-14)9-15-10-17(12-22-15)4-6-20(7-5-17)11-16(19)21/h1-3,8,15H,4-7,9-12H2,(H2,19,21)/t15-/m0/s1. The lowest BCUT2D eigenvalue weighted by Crippen LogP contribution is -2.44. The second-order valence-corrected chi connectivity index (χ2v) is 6.71. The van der Waals surface area contributed by atoms with Crippen LogP contribution in [0.4, 0.5) is 4.39 Å². The summed E-state index contributed by atoms with van der Waals surface area (Å²) in [5.74, 6) is -0.451. The summed E-state index contributed by atoms with van der Waals surface area (Å²) in [7, 11) is 0. The Morgan fingerprint density at radius 2 is 2.18 bits per heavy atom. The summed E-state index contributed by atoms with van der Waals surface area (Å²) < 4.78 is 19.2. The van der Waals surface area contributed by atoms with Gasteiger partial charge in [-0.25, -0.2) is 4.39 Å². The van der Waals surface area contributed by atoms with Crippen molar-refractivity contribution >= 4 is 5.91 Å². The maximum Gasteiger partial charge on any atom is 0.231 e. The molecule has 0 saturated carbocycles. The molecule has 0 unspecified atom stereocenters. The van der Waals surface area contributed by atoms with Crippen molar-refractivity contribution in [2.24, 2.45) is 11.1 Å². The van der Waals surface area contributed by atoms with E-state index in [9.17, 15) is 9.18 Å². The van der Waals surface area contributed by atoms with E-state index >= 15 is 0 Å². The molecule has 1 aromatic carbocycles. The van der Waals surface area contributed by atoms with Crippen LogP contribution in [0.25, 0.3) is 0 Å². The molecule has 2 heterocycles. The molecule has 5 heteroatoms. The molecule has 2 N–H and O–H groups in total. The minimum atomic E-state index is -0.261. The number of piperidine rings is 1. The minimum absolute atomic E-state index is 0.171. The van der Waals surface area contributed by atoms with Gasteiger partial charge in [0.15, 0.2) is 0 Å². The molecule has 0 aromatic heterocycles. The van der Waals surface area contributed by atoms with Gasteiger partial charge in [-0.05, 0) is 61.9 Å². The van der Waals surface area contributed by atoms with Gasteiger partial charge in [-0.1, -0.05) is 12.1 Å². The molecule has 22 heavy (non-hydrogen) atoms. The van der Waals surface area contributed by atoms with Gasteiger partial charge in [-0.3, -0.25) is 9.69 Å². The van der Waals surface area contributed by atoms with Gasteiger partial charge in [0.1, 0.15) is 5.82 Å². The van der Waals surface area contributed by atoms with E-state index in [1.165, 1.54) is 6.07 Å².